The largest absolute Gasteiger partial charge is 0.459 e. The number of anilines is 2. The molecule has 0 spiro atoms. The molecule has 34 heavy (non-hydrogen) atoms. The lowest BCUT2D eigenvalue weighted by molar-refractivity contribution is 0.0994. The molecule has 0 unspecified atom stereocenters. The number of fused-ring (bicyclic) bond motifs is 1. The van der Waals surface area contributed by atoms with Crippen LogP contribution in [0.4, 0.5) is 11.4 Å². The van der Waals surface area contributed by atoms with Gasteiger partial charge in [0, 0.05) is 24.0 Å². The van der Waals surface area contributed by atoms with Crippen LogP contribution < -0.4 is 10.6 Å². The van der Waals surface area contributed by atoms with Crippen LogP contribution in [0.25, 0.3) is 22.3 Å². The molecule has 0 saturated heterocycles. The van der Waals surface area contributed by atoms with E-state index in [-0.39, 0.29) is 17.6 Å². The van der Waals surface area contributed by atoms with Crippen molar-refractivity contribution < 1.29 is 14.0 Å². The molecule has 8 nitrogen and oxygen atoms in total. The van der Waals surface area contributed by atoms with Gasteiger partial charge in [-0.15, -0.1) is 0 Å². The first-order chi connectivity index (χ1) is 16.5. The molecule has 3 heterocycles. The third-order valence-electron chi connectivity index (χ3n) is 5.43. The molecule has 3 aromatic heterocycles. The van der Waals surface area contributed by atoms with Crippen LogP contribution in [-0.2, 0) is 7.05 Å². The van der Waals surface area contributed by atoms with Gasteiger partial charge in [0.15, 0.2) is 11.4 Å². The van der Waals surface area contributed by atoms with Crippen LogP contribution >= 0.6 is 0 Å². The van der Waals surface area contributed by atoms with Crippen molar-refractivity contribution in [1.29, 1.82) is 0 Å². The predicted octanol–water partition coefficient (Wildman–Crippen LogP) is 5.04. The summed E-state index contributed by atoms with van der Waals surface area (Å²) in [6.07, 6.45) is 1.44. The molecule has 2 amide bonds. The number of aryl methyl sites for hydroxylation is 2. The molecular weight excluding hydrogens is 430 g/mol. The second kappa shape index (κ2) is 8.67. The molecule has 0 saturated carbocycles. The highest BCUT2D eigenvalue weighted by Crippen LogP contribution is 2.27. The topological polar surface area (TPSA) is 102 Å². The SMILES string of the molecule is Cc1nn(C)c2nc(-c3ccccc3)cc(C(=O)Nc3ccc(NC(=O)c4ccco4)cc3)c12. The van der Waals surface area contributed by atoms with Crippen LogP contribution in [0.1, 0.15) is 26.6 Å². The van der Waals surface area contributed by atoms with Gasteiger partial charge >= 0.3 is 0 Å². The van der Waals surface area contributed by atoms with Crippen LogP contribution in [0, 0.1) is 6.92 Å². The number of carbonyl (C=O) groups excluding carboxylic acids is 2. The van der Waals surface area contributed by atoms with Crippen molar-refractivity contribution in [2.75, 3.05) is 10.6 Å². The Bertz CT molecular complexity index is 1490. The molecule has 2 N–H and O–H groups in total. The van der Waals surface area contributed by atoms with Gasteiger partial charge in [-0.1, -0.05) is 30.3 Å². The van der Waals surface area contributed by atoms with E-state index in [2.05, 4.69) is 15.7 Å². The van der Waals surface area contributed by atoms with Gasteiger partial charge in [0.05, 0.1) is 28.6 Å². The number of carbonyl (C=O) groups is 2. The summed E-state index contributed by atoms with van der Waals surface area (Å²) in [5.41, 5.74) is 4.63. The fraction of sp³-hybridized carbons (Fsp3) is 0.0769. The standard InChI is InChI=1S/C26H21N5O3/c1-16-23-20(15-21(17-7-4-3-5-8-17)29-24(23)31(2)30-16)25(32)27-18-10-12-19(13-11-18)28-26(33)22-9-6-14-34-22/h3-15H,1-2H3,(H,27,32)(H,28,33). The molecule has 0 aliphatic rings. The maximum absolute atomic E-state index is 13.3. The minimum atomic E-state index is -0.346. The van der Waals surface area contributed by atoms with Crippen LogP contribution in [-0.4, -0.2) is 26.6 Å². The summed E-state index contributed by atoms with van der Waals surface area (Å²) in [4.78, 5) is 30.2. The Morgan fingerprint density at radius 2 is 1.56 bits per heavy atom. The molecule has 5 rings (SSSR count). The van der Waals surface area contributed by atoms with E-state index in [4.69, 9.17) is 9.40 Å². The summed E-state index contributed by atoms with van der Waals surface area (Å²) in [6, 6.07) is 21.6. The quantitative estimate of drug-likeness (QED) is 0.390. The zero-order valence-electron chi connectivity index (χ0n) is 18.6. The Hall–Kier alpha value is -4.72. The molecule has 0 radical (unpaired) electrons. The number of rotatable bonds is 5. The van der Waals surface area contributed by atoms with Gasteiger partial charge in [-0.25, -0.2) is 4.98 Å². The van der Waals surface area contributed by atoms with Crippen LogP contribution in [0.3, 0.4) is 0 Å². The predicted molar refractivity (Wildman–Crippen MR) is 130 cm³/mol. The van der Waals surface area contributed by atoms with Crippen LogP contribution in [0.5, 0.6) is 0 Å². The van der Waals surface area contributed by atoms with Crippen molar-refractivity contribution in [1.82, 2.24) is 14.8 Å². The summed E-state index contributed by atoms with van der Waals surface area (Å²) in [5, 5.41) is 10.9. The highest BCUT2D eigenvalue weighted by Gasteiger charge is 2.19. The first-order valence-electron chi connectivity index (χ1n) is 10.7. The summed E-state index contributed by atoms with van der Waals surface area (Å²) >= 11 is 0. The van der Waals surface area contributed by atoms with E-state index in [1.165, 1.54) is 6.26 Å². The van der Waals surface area contributed by atoms with E-state index >= 15 is 0 Å². The van der Waals surface area contributed by atoms with Crippen molar-refractivity contribution in [3.8, 4) is 11.3 Å². The van der Waals surface area contributed by atoms with Gasteiger partial charge in [0.25, 0.3) is 11.8 Å². The number of hydrogen-bond acceptors (Lipinski definition) is 5. The second-order valence-corrected chi connectivity index (χ2v) is 7.79. The fourth-order valence-electron chi connectivity index (χ4n) is 3.82. The van der Waals surface area contributed by atoms with Gasteiger partial charge in [0.1, 0.15) is 0 Å². The number of hydrogen-bond donors (Lipinski definition) is 2. The fourth-order valence-corrected chi connectivity index (χ4v) is 3.82. The minimum Gasteiger partial charge on any atom is -0.459 e. The molecule has 0 aliphatic heterocycles. The first-order valence-corrected chi connectivity index (χ1v) is 10.7. The van der Waals surface area contributed by atoms with Gasteiger partial charge < -0.3 is 15.1 Å². The van der Waals surface area contributed by atoms with E-state index in [1.807, 2.05) is 44.3 Å². The highest BCUT2D eigenvalue weighted by molar-refractivity contribution is 6.13. The number of benzene rings is 2. The Kier molecular flexibility index (Phi) is 5.39. The average Bonchev–Trinajstić information content (AvgIpc) is 3.49. The van der Waals surface area contributed by atoms with Gasteiger partial charge in [-0.2, -0.15) is 5.10 Å². The average molecular weight is 451 g/mol. The second-order valence-electron chi connectivity index (χ2n) is 7.79. The number of pyridine rings is 1. The molecular formula is C26H21N5O3. The maximum Gasteiger partial charge on any atom is 0.291 e. The van der Waals surface area contributed by atoms with Crippen molar-refractivity contribution in [2.45, 2.75) is 6.92 Å². The Morgan fingerprint density at radius 3 is 2.21 bits per heavy atom. The van der Waals surface area contributed by atoms with Crippen molar-refractivity contribution in [3.63, 3.8) is 0 Å². The lowest BCUT2D eigenvalue weighted by Gasteiger charge is -2.10. The number of amides is 2. The highest BCUT2D eigenvalue weighted by atomic mass is 16.3. The van der Waals surface area contributed by atoms with Crippen LogP contribution in [0.15, 0.2) is 83.5 Å². The lowest BCUT2D eigenvalue weighted by atomic mass is 10.0. The van der Waals surface area contributed by atoms with Crippen molar-refractivity contribution in [3.05, 3.63) is 96.1 Å². The molecule has 2 aromatic carbocycles. The third-order valence-corrected chi connectivity index (χ3v) is 5.43. The molecule has 0 aliphatic carbocycles. The molecule has 0 bridgehead atoms. The van der Waals surface area contributed by atoms with Gasteiger partial charge in [0.2, 0.25) is 0 Å². The Balaban J connectivity index is 1.42. The first kappa shape index (κ1) is 21.1. The number of furan rings is 1. The van der Waals surface area contributed by atoms with Crippen LogP contribution in [0.2, 0.25) is 0 Å². The van der Waals surface area contributed by atoms with Gasteiger partial charge in [-0.3, -0.25) is 14.3 Å². The maximum atomic E-state index is 13.3. The van der Waals surface area contributed by atoms with E-state index < -0.39 is 0 Å². The number of nitrogens with zero attached hydrogens (tertiary/aromatic N) is 3. The third kappa shape index (κ3) is 4.04. The zero-order valence-corrected chi connectivity index (χ0v) is 18.6. The van der Waals surface area contributed by atoms with E-state index in [0.29, 0.717) is 33.7 Å². The van der Waals surface area contributed by atoms with E-state index in [1.54, 1.807) is 47.1 Å². The minimum absolute atomic E-state index is 0.222. The smallest absolute Gasteiger partial charge is 0.291 e. The summed E-state index contributed by atoms with van der Waals surface area (Å²) in [7, 11) is 1.81. The Labute approximate surface area is 195 Å². The molecule has 5 aromatic rings. The van der Waals surface area contributed by atoms with E-state index in [9.17, 15) is 9.59 Å². The van der Waals surface area contributed by atoms with E-state index in [0.717, 1.165) is 11.3 Å². The number of nitrogens with one attached hydrogen (secondary N) is 2. The van der Waals surface area contributed by atoms with Crippen molar-refractivity contribution in [2.24, 2.45) is 7.05 Å². The molecule has 0 fully saturated rings. The zero-order chi connectivity index (χ0) is 23.7. The normalized spacial score (nSPS) is 10.9. The molecule has 168 valence electrons. The monoisotopic (exact) mass is 451 g/mol. The summed E-state index contributed by atoms with van der Waals surface area (Å²) in [6.45, 7) is 1.86. The molecule has 0 atom stereocenters. The molecule has 8 heteroatoms. The van der Waals surface area contributed by atoms with Gasteiger partial charge in [-0.05, 0) is 49.4 Å². The Morgan fingerprint density at radius 1 is 0.882 bits per heavy atom. The lowest BCUT2D eigenvalue weighted by Crippen LogP contribution is -2.14. The summed E-state index contributed by atoms with van der Waals surface area (Å²) < 4.78 is 6.78. The summed E-state index contributed by atoms with van der Waals surface area (Å²) in [5.74, 6) is -0.394. The van der Waals surface area contributed by atoms with Crippen molar-refractivity contribution >= 4 is 34.2 Å². The number of aromatic nitrogens is 3.